The van der Waals surface area contributed by atoms with Crippen molar-refractivity contribution in [3.63, 3.8) is 0 Å². The Balaban J connectivity index is 1.96. The Labute approximate surface area is 178 Å². The molecule has 1 saturated heterocycles. The molecule has 2 aromatic rings. The highest BCUT2D eigenvalue weighted by Crippen LogP contribution is 2.28. The number of ether oxygens (including phenoxy) is 3. The first-order chi connectivity index (χ1) is 14.9. The number of imide groups is 2. The Bertz CT molecular complexity index is 1070. The molecule has 0 saturated carbocycles. The average Bonchev–Trinajstić information content (AvgIpc) is 2.77. The lowest BCUT2D eigenvalue weighted by Gasteiger charge is -2.26. The first-order valence-corrected chi connectivity index (χ1v) is 9.30. The fourth-order valence-electron chi connectivity index (χ4n) is 2.95. The molecule has 1 aliphatic rings. The highest BCUT2D eigenvalue weighted by atomic mass is 16.5. The normalized spacial score (nSPS) is 15.0. The molecule has 0 unspecified atom stereocenters. The average molecular weight is 424 g/mol. The molecular formula is C22H20N2O7. The zero-order chi connectivity index (χ0) is 22.5. The minimum Gasteiger partial charge on any atom is -0.497 e. The Morgan fingerprint density at radius 3 is 2.35 bits per heavy atom. The number of amides is 4. The number of esters is 1. The van der Waals surface area contributed by atoms with E-state index in [4.69, 9.17) is 14.2 Å². The number of barbiturate groups is 1. The van der Waals surface area contributed by atoms with Crippen LogP contribution in [0.25, 0.3) is 6.08 Å². The van der Waals surface area contributed by atoms with E-state index in [2.05, 4.69) is 5.32 Å². The van der Waals surface area contributed by atoms with Crippen LogP contribution < -0.4 is 19.7 Å². The molecule has 0 radical (unpaired) electrons. The molecule has 2 aromatic carbocycles. The van der Waals surface area contributed by atoms with E-state index in [1.165, 1.54) is 44.6 Å². The summed E-state index contributed by atoms with van der Waals surface area (Å²) in [6.45, 7) is 1.91. The maximum absolute atomic E-state index is 13.0. The molecule has 3 rings (SSSR count). The van der Waals surface area contributed by atoms with Gasteiger partial charge in [0.2, 0.25) is 0 Å². The summed E-state index contributed by atoms with van der Waals surface area (Å²) in [5, 5.41) is 2.15. The minimum atomic E-state index is -0.891. The van der Waals surface area contributed by atoms with Crippen LogP contribution in [-0.2, 0) is 14.3 Å². The number of benzene rings is 2. The molecular weight excluding hydrogens is 404 g/mol. The second-order valence-corrected chi connectivity index (χ2v) is 6.33. The van der Waals surface area contributed by atoms with Gasteiger partial charge in [-0.1, -0.05) is 0 Å². The molecule has 0 bridgehead atoms. The smallest absolute Gasteiger partial charge is 0.338 e. The lowest BCUT2D eigenvalue weighted by molar-refractivity contribution is -0.122. The van der Waals surface area contributed by atoms with Gasteiger partial charge in [-0.15, -0.1) is 0 Å². The number of carbonyl (C=O) groups is 4. The number of hydrogen-bond acceptors (Lipinski definition) is 7. The molecule has 4 amide bonds. The molecule has 9 nitrogen and oxygen atoms in total. The number of carbonyl (C=O) groups excluding carboxylic acids is 4. The Kier molecular flexibility index (Phi) is 6.35. The highest BCUT2D eigenvalue weighted by Gasteiger charge is 2.37. The minimum absolute atomic E-state index is 0.190. The van der Waals surface area contributed by atoms with Gasteiger partial charge < -0.3 is 14.2 Å². The zero-order valence-electron chi connectivity index (χ0n) is 17.1. The summed E-state index contributed by atoms with van der Waals surface area (Å²) in [6.07, 6.45) is 1.34. The number of nitrogens with zero attached hydrogens (tertiary/aromatic N) is 1. The Morgan fingerprint density at radius 1 is 1.03 bits per heavy atom. The van der Waals surface area contributed by atoms with Crippen molar-refractivity contribution in [3.8, 4) is 11.5 Å². The van der Waals surface area contributed by atoms with Crippen molar-refractivity contribution in [3.05, 3.63) is 59.2 Å². The second kappa shape index (κ2) is 9.12. The van der Waals surface area contributed by atoms with E-state index in [0.717, 1.165) is 4.90 Å². The largest absolute Gasteiger partial charge is 0.497 e. The van der Waals surface area contributed by atoms with Crippen molar-refractivity contribution in [2.75, 3.05) is 25.7 Å². The summed E-state index contributed by atoms with van der Waals surface area (Å²) in [7, 11) is 2.95. The van der Waals surface area contributed by atoms with Gasteiger partial charge in [0.15, 0.2) is 0 Å². The van der Waals surface area contributed by atoms with Gasteiger partial charge >= 0.3 is 12.0 Å². The van der Waals surface area contributed by atoms with Gasteiger partial charge in [0, 0.05) is 11.6 Å². The topological polar surface area (TPSA) is 111 Å². The number of hydrogen-bond donors (Lipinski definition) is 1. The fraction of sp³-hybridized carbons (Fsp3) is 0.182. The summed E-state index contributed by atoms with van der Waals surface area (Å²) in [6, 6.07) is 9.69. The van der Waals surface area contributed by atoms with Gasteiger partial charge in [-0.05, 0) is 49.4 Å². The molecule has 0 aliphatic carbocycles. The van der Waals surface area contributed by atoms with E-state index in [1.54, 1.807) is 25.1 Å². The van der Waals surface area contributed by atoms with Crippen molar-refractivity contribution in [1.82, 2.24) is 5.32 Å². The van der Waals surface area contributed by atoms with Gasteiger partial charge in [-0.25, -0.2) is 14.5 Å². The third kappa shape index (κ3) is 4.40. The Hall–Kier alpha value is -4.14. The maximum atomic E-state index is 13.0. The van der Waals surface area contributed by atoms with Crippen molar-refractivity contribution in [2.45, 2.75) is 6.92 Å². The molecule has 0 atom stereocenters. The predicted molar refractivity (Wildman–Crippen MR) is 111 cm³/mol. The maximum Gasteiger partial charge on any atom is 0.338 e. The van der Waals surface area contributed by atoms with Crippen molar-refractivity contribution >= 4 is 35.6 Å². The van der Waals surface area contributed by atoms with E-state index in [-0.39, 0.29) is 23.4 Å². The molecule has 1 N–H and O–H groups in total. The van der Waals surface area contributed by atoms with E-state index in [0.29, 0.717) is 17.1 Å². The first kappa shape index (κ1) is 21.6. The van der Waals surface area contributed by atoms with Crippen LogP contribution in [0.1, 0.15) is 22.8 Å². The summed E-state index contributed by atoms with van der Waals surface area (Å²) >= 11 is 0. The number of anilines is 1. The number of methoxy groups -OCH3 is 2. The zero-order valence-corrected chi connectivity index (χ0v) is 17.1. The molecule has 1 heterocycles. The quantitative estimate of drug-likeness (QED) is 0.431. The van der Waals surface area contributed by atoms with Gasteiger partial charge in [0.05, 0.1) is 32.1 Å². The SMILES string of the molecule is CCOC(=O)c1ccc(N2C(=O)NC(=O)C(=Cc3ccc(OC)cc3OC)C2=O)cc1. The standard InChI is InChI=1S/C22H20N2O7/c1-4-31-21(27)13-5-8-15(9-6-13)24-20(26)17(19(25)23-22(24)28)11-14-7-10-16(29-2)12-18(14)30-3/h5-12H,4H2,1-3H3,(H,23,25,28). The molecule has 31 heavy (non-hydrogen) atoms. The molecule has 1 fully saturated rings. The van der Waals surface area contributed by atoms with E-state index in [9.17, 15) is 19.2 Å². The van der Waals surface area contributed by atoms with Crippen LogP contribution >= 0.6 is 0 Å². The van der Waals surface area contributed by atoms with Crippen LogP contribution in [0.4, 0.5) is 10.5 Å². The van der Waals surface area contributed by atoms with Gasteiger partial charge in [-0.3, -0.25) is 14.9 Å². The number of urea groups is 1. The van der Waals surface area contributed by atoms with Crippen LogP contribution in [0.2, 0.25) is 0 Å². The summed E-state index contributed by atoms with van der Waals surface area (Å²) < 4.78 is 15.4. The van der Waals surface area contributed by atoms with Crippen LogP contribution in [0.5, 0.6) is 11.5 Å². The molecule has 1 aliphatic heterocycles. The third-order valence-corrected chi connectivity index (χ3v) is 4.48. The molecule has 0 spiro atoms. The third-order valence-electron chi connectivity index (χ3n) is 4.48. The first-order valence-electron chi connectivity index (χ1n) is 9.30. The fourth-order valence-corrected chi connectivity index (χ4v) is 2.95. The van der Waals surface area contributed by atoms with Crippen molar-refractivity contribution in [1.29, 1.82) is 0 Å². The van der Waals surface area contributed by atoms with Crippen molar-refractivity contribution < 1.29 is 33.4 Å². The van der Waals surface area contributed by atoms with Crippen LogP contribution in [-0.4, -0.2) is 44.6 Å². The highest BCUT2D eigenvalue weighted by molar-refractivity contribution is 6.39. The summed E-state index contributed by atoms with van der Waals surface area (Å²) in [5.74, 6) is -1.24. The summed E-state index contributed by atoms with van der Waals surface area (Å²) in [5.41, 5.74) is 0.659. The molecule has 0 aromatic heterocycles. The van der Waals surface area contributed by atoms with E-state index in [1.807, 2.05) is 0 Å². The molecule has 9 heteroatoms. The van der Waals surface area contributed by atoms with E-state index >= 15 is 0 Å². The number of nitrogens with one attached hydrogen (secondary N) is 1. The Morgan fingerprint density at radius 2 is 1.74 bits per heavy atom. The lowest BCUT2D eigenvalue weighted by Crippen LogP contribution is -2.54. The lowest BCUT2D eigenvalue weighted by atomic mass is 10.1. The van der Waals surface area contributed by atoms with Crippen LogP contribution in [0.15, 0.2) is 48.0 Å². The van der Waals surface area contributed by atoms with Gasteiger partial charge in [0.1, 0.15) is 17.1 Å². The molecule has 160 valence electrons. The number of rotatable bonds is 6. The monoisotopic (exact) mass is 424 g/mol. The van der Waals surface area contributed by atoms with Gasteiger partial charge in [-0.2, -0.15) is 0 Å². The van der Waals surface area contributed by atoms with E-state index < -0.39 is 23.8 Å². The van der Waals surface area contributed by atoms with Crippen LogP contribution in [0, 0.1) is 0 Å². The van der Waals surface area contributed by atoms with Crippen molar-refractivity contribution in [2.24, 2.45) is 0 Å². The summed E-state index contributed by atoms with van der Waals surface area (Å²) in [4.78, 5) is 50.4. The van der Waals surface area contributed by atoms with Crippen LogP contribution in [0.3, 0.4) is 0 Å². The second-order valence-electron chi connectivity index (χ2n) is 6.33. The van der Waals surface area contributed by atoms with Gasteiger partial charge in [0.25, 0.3) is 11.8 Å². The predicted octanol–water partition coefficient (Wildman–Crippen LogP) is 2.55.